The minimum Gasteiger partial charge on any atom is -1.00 e. The van der Waals surface area contributed by atoms with Gasteiger partial charge in [0.25, 0.3) is 0 Å². The summed E-state index contributed by atoms with van der Waals surface area (Å²) in [5.74, 6) is 5.66. The first-order chi connectivity index (χ1) is 22.1. The van der Waals surface area contributed by atoms with Gasteiger partial charge >= 0.3 is 26.2 Å². The minimum absolute atomic E-state index is 0. The van der Waals surface area contributed by atoms with Crippen molar-refractivity contribution >= 4 is 0 Å². The Kier molecular flexibility index (Phi) is 9.95. The van der Waals surface area contributed by atoms with Crippen molar-refractivity contribution in [3.8, 4) is 11.1 Å². The fourth-order valence-electron chi connectivity index (χ4n) is 14.5. The second kappa shape index (κ2) is 12.7. The molecule has 3 unspecified atom stereocenters. The molecular weight excluding hydrogens is 727 g/mol. The molecule has 8 aliphatic rings. The summed E-state index contributed by atoms with van der Waals surface area (Å²) in [5.41, 5.74) is 19.1. The maximum Gasteiger partial charge on any atom is 2.00 e. The van der Waals surface area contributed by atoms with E-state index in [0.717, 1.165) is 29.6 Å². The predicted octanol–water partition coefficient (Wildman–Crippen LogP) is 6.93. The van der Waals surface area contributed by atoms with Crippen LogP contribution in [-0.2, 0) is 37.0 Å². The fraction of sp³-hybridized carbons (Fsp3) is 0.660. The average Bonchev–Trinajstić information content (AvgIpc) is 3.71. The molecule has 4 bridgehead atoms. The molecule has 5 saturated carbocycles. The summed E-state index contributed by atoms with van der Waals surface area (Å²) in [6.07, 6.45) is 17.7. The molecule has 10 rings (SSSR count). The third kappa shape index (κ3) is 5.32. The van der Waals surface area contributed by atoms with Gasteiger partial charge in [0.2, 0.25) is 0 Å². The van der Waals surface area contributed by atoms with Crippen molar-refractivity contribution in [1.82, 2.24) is 0 Å². The van der Waals surface area contributed by atoms with Crippen LogP contribution in [0.2, 0.25) is 0 Å². The van der Waals surface area contributed by atoms with E-state index in [-0.39, 0.29) is 67.3 Å². The van der Waals surface area contributed by atoms with E-state index in [0.29, 0.717) is 17.3 Å². The number of fused-ring (bicyclic) bond motifs is 5. The summed E-state index contributed by atoms with van der Waals surface area (Å²) >= 11 is 0. The van der Waals surface area contributed by atoms with E-state index in [2.05, 4.69) is 99.6 Å². The van der Waals surface area contributed by atoms with E-state index in [1.807, 2.05) is 16.7 Å². The summed E-state index contributed by atoms with van der Waals surface area (Å²) < 4.78 is 0. The summed E-state index contributed by atoms with van der Waals surface area (Å²) in [6, 6.07) is 10.7. The maximum absolute atomic E-state index is 2.95. The SMILES string of the molecule is Cc1cc2c(cc1C(C)(C)C)-c1cc(C(C)(C)C)c(C)cc1C2C1(C(C)C)C2=C(CC(C34CC5CC(CC(C5)C3)C4)=C2)C2CCCC21.[Cl-].[Cl-].[Zr+2]. The van der Waals surface area contributed by atoms with Gasteiger partial charge in [0.05, 0.1) is 0 Å². The van der Waals surface area contributed by atoms with Crippen molar-refractivity contribution in [2.45, 2.75) is 150 Å². The van der Waals surface area contributed by atoms with E-state index in [9.17, 15) is 0 Å². The van der Waals surface area contributed by atoms with Gasteiger partial charge in [-0.3, -0.25) is 0 Å². The van der Waals surface area contributed by atoms with Crippen LogP contribution in [0.4, 0.5) is 0 Å². The first kappa shape index (κ1) is 39.1. The molecule has 0 aromatic heterocycles. The van der Waals surface area contributed by atoms with Gasteiger partial charge < -0.3 is 24.8 Å². The van der Waals surface area contributed by atoms with Gasteiger partial charge in [-0.2, -0.15) is 0 Å². The monoisotopic (exact) mass is 786 g/mol. The number of hydrogen-bond donors (Lipinski definition) is 0. The van der Waals surface area contributed by atoms with Crippen molar-refractivity contribution in [3.63, 3.8) is 0 Å². The molecule has 3 atom stereocenters. The molecular formula is C47H62Cl2Zr. The molecule has 5 fully saturated rings. The van der Waals surface area contributed by atoms with Crippen LogP contribution in [0.5, 0.6) is 0 Å². The zero-order valence-corrected chi connectivity index (χ0v) is 36.7. The molecule has 0 amide bonds. The molecule has 0 N–H and O–H groups in total. The van der Waals surface area contributed by atoms with E-state index in [4.69, 9.17) is 0 Å². The van der Waals surface area contributed by atoms with Gasteiger partial charge in [0, 0.05) is 11.3 Å². The molecule has 0 nitrogen and oxygen atoms in total. The largest absolute Gasteiger partial charge is 2.00 e. The Morgan fingerprint density at radius 3 is 1.62 bits per heavy atom. The summed E-state index contributed by atoms with van der Waals surface area (Å²) in [6.45, 7) is 24.5. The number of aryl methyl sites for hydroxylation is 2. The fourth-order valence-corrected chi connectivity index (χ4v) is 14.5. The Balaban J connectivity index is 0.00000144. The van der Waals surface area contributed by atoms with E-state index >= 15 is 0 Å². The molecule has 8 aliphatic carbocycles. The Bertz CT molecular complexity index is 1650. The van der Waals surface area contributed by atoms with Gasteiger partial charge in [0.1, 0.15) is 0 Å². The maximum atomic E-state index is 2.95. The van der Waals surface area contributed by atoms with Crippen LogP contribution in [-0.4, -0.2) is 0 Å². The van der Waals surface area contributed by atoms with Crippen LogP contribution in [0.25, 0.3) is 11.1 Å². The molecule has 2 aromatic rings. The zero-order chi connectivity index (χ0) is 33.0. The summed E-state index contributed by atoms with van der Waals surface area (Å²) in [5, 5.41) is 0. The first-order valence-corrected chi connectivity index (χ1v) is 19.9. The van der Waals surface area contributed by atoms with Crippen molar-refractivity contribution in [1.29, 1.82) is 0 Å². The quantitative estimate of drug-likeness (QED) is 0.317. The normalized spacial score (nSPS) is 33.4. The summed E-state index contributed by atoms with van der Waals surface area (Å²) in [4.78, 5) is 0. The minimum atomic E-state index is 0. The van der Waals surface area contributed by atoms with Gasteiger partial charge in [0.15, 0.2) is 0 Å². The topological polar surface area (TPSA) is 0 Å². The molecule has 0 spiro atoms. The van der Waals surface area contributed by atoms with Gasteiger partial charge in [-0.25, -0.2) is 0 Å². The molecule has 268 valence electrons. The van der Waals surface area contributed by atoms with Crippen LogP contribution in [0.1, 0.15) is 159 Å². The predicted molar refractivity (Wildman–Crippen MR) is 199 cm³/mol. The smallest absolute Gasteiger partial charge is 1.00 e. The van der Waals surface area contributed by atoms with Gasteiger partial charge in [-0.15, -0.1) is 0 Å². The molecule has 3 heteroatoms. The second-order valence-electron chi connectivity index (χ2n) is 20.7. The van der Waals surface area contributed by atoms with Crippen LogP contribution in [0.15, 0.2) is 47.1 Å². The van der Waals surface area contributed by atoms with E-state index < -0.39 is 0 Å². The van der Waals surface area contributed by atoms with E-state index in [1.165, 1.54) is 67.2 Å². The van der Waals surface area contributed by atoms with Crippen molar-refractivity contribution in [2.24, 2.45) is 46.3 Å². The Labute approximate surface area is 336 Å². The number of hydrogen-bond acceptors (Lipinski definition) is 0. The number of benzene rings is 2. The van der Waals surface area contributed by atoms with Crippen molar-refractivity contribution in [3.05, 3.63) is 80.4 Å². The van der Waals surface area contributed by atoms with Gasteiger partial charge in [-0.05, 0) is 173 Å². The number of rotatable bonds is 3. The standard InChI is InChI=1S/C47H62.2ClH.Zr/c1-26(2)47(39-13-11-12-33(39)36-19-32(20-42(36)47)46-23-29-16-30(24-46)18-31(17-29)25-46)43-37-14-27(3)40(44(5,6)7)21-34(37)35-22-41(45(8,9)10)28(4)15-38(35)43;;;/h14-15,20-22,26,29-31,33,39,43H,11-13,16-19,23-25H2,1-10H3;2*1H;/q;;;+2/p-2. The molecule has 0 radical (unpaired) electrons. The third-order valence-corrected chi connectivity index (χ3v) is 15.6. The van der Waals surface area contributed by atoms with Gasteiger partial charge in [-0.1, -0.05) is 103 Å². The van der Waals surface area contributed by atoms with Crippen LogP contribution in [0.3, 0.4) is 0 Å². The Morgan fingerprint density at radius 1 is 0.700 bits per heavy atom. The molecule has 0 aliphatic heterocycles. The third-order valence-electron chi connectivity index (χ3n) is 15.6. The van der Waals surface area contributed by atoms with Crippen molar-refractivity contribution < 1.29 is 51.0 Å². The first-order valence-electron chi connectivity index (χ1n) is 19.9. The zero-order valence-electron chi connectivity index (χ0n) is 32.8. The summed E-state index contributed by atoms with van der Waals surface area (Å²) in [7, 11) is 0. The number of halogens is 2. The van der Waals surface area contributed by atoms with Crippen LogP contribution in [0, 0.1) is 60.2 Å². The molecule has 2 aromatic carbocycles. The molecule has 50 heavy (non-hydrogen) atoms. The molecule has 0 heterocycles. The van der Waals surface area contributed by atoms with Crippen LogP contribution < -0.4 is 24.8 Å². The molecule has 0 saturated heterocycles. The second-order valence-corrected chi connectivity index (χ2v) is 20.7. The average molecular weight is 789 g/mol. The van der Waals surface area contributed by atoms with Crippen LogP contribution >= 0.6 is 0 Å². The Hall–Kier alpha value is -0.617. The number of allylic oxidation sites excluding steroid dienone is 4. The van der Waals surface area contributed by atoms with E-state index in [1.54, 1.807) is 41.5 Å². The Morgan fingerprint density at radius 2 is 1.18 bits per heavy atom. The van der Waals surface area contributed by atoms with Crippen molar-refractivity contribution in [2.75, 3.05) is 0 Å².